The van der Waals surface area contributed by atoms with Gasteiger partial charge >= 0.3 is 5.82 Å². The molecule has 0 radical (unpaired) electrons. The normalized spacial score (nSPS) is 15.7. The van der Waals surface area contributed by atoms with Gasteiger partial charge in [0.25, 0.3) is 0 Å². The van der Waals surface area contributed by atoms with E-state index >= 15 is 0 Å². The van der Waals surface area contributed by atoms with Gasteiger partial charge in [-0.05, 0) is 4.91 Å². The van der Waals surface area contributed by atoms with Gasteiger partial charge in [0.15, 0.2) is 4.92 Å². The van der Waals surface area contributed by atoms with E-state index in [2.05, 4.69) is 10.4 Å². The molecule has 2 rings (SSSR count). The average Bonchev–Trinajstić information content (AvgIpc) is 2.46. The van der Waals surface area contributed by atoms with Gasteiger partial charge in [-0.3, -0.25) is 0 Å². The van der Waals surface area contributed by atoms with E-state index in [1.54, 1.807) is 10.7 Å². The van der Waals surface area contributed by atoms with Gasteiger partial charge in [0.2, 0.25) is 0 Å². The minimum absolute atomic E-state index is 0.0497. The Kier molecular flexibility index (Phi) is 1.54. The topological polar surface area (TPSA) is 70.2 Å². The van der Waals surface area contributed by atoms with E-state index < -0.39 is 0 Å². The molecule has 2 heterocycles. The maximum Gasteiger partial charge on any atom is 0.434 e. The van der Waals surface area contributed by atoms with Gasteiger partial charge in [0.05, 0.1) is 23.4 Å². The molecule has 0 spiro atoms. The Morgan fingerprint density at radius 1 is 1.75 bits per heavy atom. The lowest BCUT2D eigenvalue weighted by molar-refractivity contribution is -0.732. The van der Waals surface area contributed by atoms with Crippen molar-refractivity contribution in [1.29, 1.82) is 0 Å². The molecule has 64 valence electrons. The molecule has 1 aromatic heterocycles. The number of hydrogen-bond donors (Lipinski definition) is 2. The average molecular weight is 169 g/mol. The van der Waals surface area contributed by atoms with Gasteiger partial charge in [-0.1, -0.05) is 0 Å². The number of nitrogens with zero attached hydrogens (tertiary/aromatic N) is 3. The molecule has 0 aromatic carbocycles. The first-order valence-corrected chi connectivity index (χ1v) is 3.71. The molecule has 1 aliphatic rings. The molecule has 0 saturated heterocycles. The highest BCUT2D eigenvalue weighted by molar-refractivity contribution is 5.21. The highest BCUT2D eigenvalue weighted by Gasteiger charge is 2.22. The lowest BCUT2D eigenvalue weighted by atomic mass is 10.3. The molecule has 0 saturated carbocycles. The van der Waals surface area contributed by atoms with E-state index in [1.165, 1.54) is 0 Å². The van der Waals surface area contributed by atoms with Gasteiger partial charge in [-0.25, -0.2) is 0 Å². The van der Waals surface area contributed by atoms with Crippen molar-refractivity contribution < 1.29 is 10.1 Å². The molecule has 12 heavy (non-hydrogen) atoms. The quantitative estimate of drug-likeness (QED) is 0.570. The van der Waals surface area contributed by atoms with Crippen molar-refractivity contribution in [2.75, 3.05) is 6.54 Å². The Labute approximate surface area is 68.3 Å². The standard InChI is InChI=1S/C6H9N4O2/c11-10(12)6-3-5-4-7-1-2-9(5)8-6/h3,7H,1-2,4H2,(H,11,12)/q+1. The second kappa shape index (κ2) is 2.56. The molecule has 0 bridgehead atoms. The molecule has 0 atom stereocenters. The van der Waals surface area contributed by atoms with Crippen LogP contribution in [0, 0.1) is 4.91 Å². The highest BCUT2D eigenvalue weighted by Crippen LogP contribution is 2.12. The van der Waals surface area contributed by atoms with Crippen LogP contribution in [0.25, 0.3) is 0 Å². The third-order valence-corrected chi connectivity index (χ3v) is 1.85. The summed E-state index contributed by atoms with van der Waals surface area (Å²) in [5, 5.41) is 15.6. The molecular formula is C6H9N4O2+. The molecular weight excluding hydrogens is 160 g/mol. The fourth-order valence-corrected chi connectivity index (χ4v) is 1.27. The number of hydrogen-bond acceptors (Lipinski definition) is 3. The van der Waals surface area contributed by atoms with Crippen molar-refractivity contribution in [3.05, 3.63) is 16.7 Å². The van der Waals surface area contributed by atoms with Crippen molar-refractivity contribution in [3.8, 4) is 0 Å². The van der Waals surface area contributed by atoms with Gasteiger partial charge in [-0.2, -0.15) is 4.68 Å². The Hall–Kier alpha value is -1.43. The van der Waals surface area contributed by atoms with Crippen LogP contribution in [0.1, 0.15) is 5.69 Å². The maximum absolute atomic E-state index is 10.4. The van der Waals surface area contributed by atoms with Crippen LogP contribution in [0.15, 0.2) is 6.07 Å². The van der Waals surface area contributed by atoms with Gasteiger partial charge < -0.3 is 10.5 Å². The Balaban J connectivity index is 2.38. The molecule has 0 unspecified atom stereocenters. The van der Waals surface area contributed by atoms with E-state index in [0.717, 1.165) is 18.8 Å². The van der Waals surface area contributed by atoms with Crippen LogP contribution in [-0.2, 0) is 13.1 Å². The third-order valence-electron chi connectivity index (χ3n) is 1.85. The molecule has 0 fully saturated rings. The predicted octanol–water partition coefficient (Wildman–Crippen LogP) is -0.214. The van der Waals surface area contributed by atoms with Crippen molar-refractivity contribution in [3.63, 3.8) is 0 Å². The number of fused-ring (bicyclic) bond motifs is 1. The second-order valence-electron chi connectivity index (χ2n) is 2.67. The van der Waals surface area contributed by atoms with Crippen molar-refractivity contribution in [2.45, 2.75) is 13.1 Å². The summed E-state index contributed by atoms with van der Waals surface area (Å²) in [5.41, 5.74) is 0.922. The number of rotatable bonds is 1. The summed E-state index contributed by atoms with van der Waals surface area (Å²) < 4.78 is 1.72. The molecule has 6 heteroatoms. The fraction of sp³-hybridized carbons (Fsp3) is 0.500. The summed E-state index contributed by atoms with van der Waals surface area (Å²) in [6, 6.07) is 1.57. The summed E-state index contributed by atoms with van der Waals surface area (Å²) in [5.74, 6) is 0.0497. The summed E-state index contributed by atoms with van der Waals surface area (Å²) in [6.45, 7) is 2.28. The van der Waals surface area contributed by atoms with Crippen molar-refractivity contribution in [2.24, 2.45) is 0 Å². The van der Waals surface area contributed by atoms with Crippen LogP contribution in [0.5, 0.6) is 0 Å². The first kappa shape index (κ1) is 7.23. The minimum Gasteiger partial charge on any atom is -0.313 e. The first-order chi connectivity index (χ1) is 5.77. The molecule has 1 aromatic rings. The zero-order valence-electron chi connectivity index (χ0n) is 6.40. The summed E-state index contributed by atoms with van der Waals surface area (Å²) >= 11 is 0. The van der Waals surface area contributed by atoms with E-state index in [0.29, 0.717) is 6.54 Å². The largest absolute Gasteiger partial charge is 0.434 e. The molecule has 1 aliphatic heterocycles. The smallest absolute Gasteiger partial charge is 0.313 e. The van der Waals surface area contributed by atoms with E-state index in [9.17, 15) is 4.91 Å². The predicted molar refractivity (Wildman–Crippen MR) is 39.0 cm³/mol. The Bertz CT molecular complexity index is 296. The first-order valence-electron chi connectivity index (χ1n) is 3.71. The fourth-order valence-electron chi connectivity index (χ4n) is 1.27. The summed E-state index contributed by atoms with van der Waals surface area (Å²) in [4.78, 5) is 10.2. The van der Waals surface area contributed by atoms with Crippen LogP contribution in [0.4, 0.5) is 5.82 Å². The van der Waals surface area contributed by atoms with Gasteiger partial charge in [0.1, 0.15) is 0 Å². The highest BCUT2D eigenvalue weighted by atomic mass is 16.6. The van der Waals surface area contributed by atoms with Crippen LogP contribution >= 0.6 is 0 Å². The monoisotopic (exact) mass is 169 g/mol. The Morgan fingerprint density at radius 2 is 2.58 bits per heavy atom. The third kappa shape index (κ3) is 1.06. The molecule has 0 aliphatic carbocycles. The summed E-state index contributed by atoms with van der Waals surface area (Å²) in [6.07, 6.45) is 0. The second-order valence-corrected chi connectivity index (χ2v) is 2.67. The molecule has 2 N–H and O–H groups in total. The van der Waals surface area contributed by atoms with E-state index in [1.807, 2.05) is 0 Å². The van der Waals surface area contributed by atoms with E-state index in [4.69, 9.17) is 5.21 Å². The Morgan fingerprint density at radius 3 is 3.25 bits per heavy atom. The van der Waals surface area contributed by atoms with Crippen LogP contribution in [0.3, 0.4) is 0 Å². The van der Waals surface area contributed by atoms with Gasteiger partial charge in [-0.15, -0.1) is 0 Å². The van der Waals surface area contributed by atoms with Crippen molar-refractivity contribution >= 4 is 5.82 Å². The lowest BCUT2D eigenvalue weighted by Crippen LogP contribution is -2.28. The van der Waals surface area contributed by atoms with Crippen molar-refractivity contribution in [1.82, 2.24) is 15.1 Å². The minimum atomic E-state index is -0.217. The van der Waals surface area contributed by atoms with Gasteiger partial charge in [0, 0.05) is 13.1 Å². The lowest BCUT2D eigenvalue weighted by Gasteiger charge is -2.09. The van der Waals surface area contributed by atoms with Crippen LogP contribution < -0.4 is 5.32 Å². The molecule has 0 amide bonds. The number of aromatic nitrogens is 2. The maximum atomic E-state index is 10.4. The SMILES string of the molecule is O=[N+](O)c1cc2n(n1)CCNC2. The van der Waals surface area contributed by atoms with Crippen LogP contribution in [-0.4, -0.2) is 26.5 Å². The zero-order chi connectivity index (χ0) is 8.55. The molecule has 6 nitrogen and oxygen atoms in total. The number of nitrogens with one attached hydrogen (secondary N) is 1. The van der Waals surface area contributed by atoms with Crippen LogP contribution in [0.2, 0.25) is 0 Å². The summed E-state index contributed by atoms with van der Waals surface area (Å²) in [7, 11) is 0. The van der Waals surface area contributed by atoms with E-state index in [-0.39, 0.29) is 10.7 Å². The zero-order valence-corrected chi connectivity index (χ0v) is 6.40.